The SMILES string of the molecule is CS(=O)(=O)Nc1cc(NC(=O)[C@@H]2CCCN2)ccc1F. The fourth-order valence-corrected chi connectivity index (χ4v) is 2.57. The highest BCUT2D eigenvalue weighted by Crippen LogP contribution is 2.21. The second-order valence-corrected chi connectivity index (χ2v) is 6.46. The molecule has 3 N–H and O–H groups in total. The average molecular weight is 301 g/mol. The minimum atomic E-state index is -3.58. The summed E-state index contributed by atoms with van der Waals surface area (Å²) >= 11 is 0. The molecule has 0 aromatic heterocycles. The second kappa shape index (κ2) is 5.76. The summed E-state index contributed by atoms with van der Waals surface area (Å²) in [4.78, 5) is 11.9. The van der Waals surface area contributed by atoms with Crippen molar-refractivity contribution in [2.24, 2.45) is 0 Å². The van der Waals surface area contributed by atoms with Crippen molar-refractivity contribution in [2.45, 2.75) is 18.9 Å². The van der Waals surface area contributed by atoms with Crippen LogP contribution in [-0.2, 0) is 14.8 Å². The molecule has 1 atom stereocenters. The molecule has 0 spiro atoms. The number of carbonyl (C=O) groups excluding carboxylic acids is 1. The van der Waals surface area contributed by atoms with Gasteiger partial charge in [-0.15, -0.1) is 0 Å². The number of hydrogen-bond donors (Lipinski definition) is 3. The predicted octanol–water partition coefficient (Wildman–Crippen LogP) is 0.888. The number of amides is 1. The summed E-state index contributed by atoms with van der Waals surface area (Å²) in [7, 11) is -3.58. The van der Waals surface area contributed by atoms with Crippen LogP contribution < -0.4 is 15.4 Å². The van der Waals surface area contributed by atoms with E-state index in [1.165, 1.54) is 12.1 Å². The Labute approximate surface area is 116 Å². The maximum Gasteiger partial charge on any atom is 0.241 e. The Hall–Kier alpha value is -1.67. The van der Waals surface area contributed by atoms with Crippen molar-refractivity contribution in [1.82, 2.24) is 5.32 Å². The summed E-state index contributed by atoms with van der Waals surface area (Å²) in [5.41, 5.74) is 0.154. The molecule has 0 aliphatic carbocycles. The zero-order chi connectivity index (χ0) is 14.8. The minimum Gasteiger partial charge on any atom is -0.325 e. The highest BCUT2D eigenvalue weighted by molar-refractivity contribution is 7.92. The van der Waals surface area contributed by atoms with Gasteiger partial charge >= 0.3 is 0 Å². The third-order valence-corrected chi connectivity index (χ3v) is 3.50. The van der Waals surface area contributed by atoms with E-state index in [2.05, 4.69) is 15.4 Å². The highest BCUT2D eigenvalue weighted by Gasteiger charge is 2.22. The van der Waals surface area contributed by atoms with Crippen molar-refractivity contribution in [3.8, 4) is 0 Å². The number of carbonyl (C=O) groups is 1. The summed E-state index contributed by atoms with van der Waals surface area (Å²) in [6.45, 7) is 0.794. The Morgan fingerprint density at radius 3 is 2.80 bits per heavy atom. The largest absolute Gasteiger partial charge is 0.325 e. The van der Waals surface area contributed by atoms with Gasteiger partial charge in [-0.05, 0) is 37.6 Å². The normalized spacial score (nSPS) is 18.8. The number of hydrogen-bond acceptors (Lipinski definition) is 4. The Balaban J connectivity index is 2.12. The zero-order valence-electron chi connectivity index (χ0n) is 10.9. The van der Waals surface area contributed by atoms with Gasteiger partial charge in [-0.25, -0.2) is 12.8 Å². The fourth-order valence-electron chi connectivity index (χ4n) is 2.02. The van der Waals surface area contributed by atoms with E-state index >= 15 is 0 Å². The lowest BCUT2D eigenvalue weighted by atomic mass is 10.2. The molecule has 8 heteroatoms. The molecule has 1 heterocycles. The molecule has 1 saturated heterocycles. The van der Waals surface area contributed by atoms with Gasteiger partial charge in [-0.1, -0.05) is 0 Å². The van der Waals surface area contributed by atoms with Crippen LogP contribution in [0.2, 0.25) is 0 Å². The highest BCUT2D eigenvalue weighted by atomic mass is 32.2. The molecule has 110 valence electrons. The molecule has 0 bridgehead atoms. The van der Waals surface area contributed by atoms with Crippen molar-refractivity contribution in [3.63, 3.8) is 0 Å². The number of halogens is 1. The molecule has 1 aromatic carbocycles. The molecule has 2 rings (SSSR count). The van der Waals surface area contributed by atoms with Gasteiger partial charge in [-0.2, -0.15) is 0 Å². The van der Waals surface area contributed by atoms with Crippen LogP contribution >= 0.6 is 0 Å². The molecular formula is C12H16FN3O3S. The van der Waals surface area contributed by atoms with E-state index in [-0.39, 0.29) is 17.6 Å². The van der Waals surface area contributed by atoms with Crippen molar-refractivity contribution in [3.05, 3.63) is 24.0 Å². The van der Waals surface area contributed by atoms with Crippen LogP contribution in [-0.4, -0.2) is 33.2 Å². The third-order valence-electron chi connectivity index (χ3n) is 2.91. The van der Waals surface area contributed by atoms with Gasteiger partial charge in [0.15, 0.2) is 0 Å². The number of rotatable bonds is 4. The summed E-state index contributed by atoms with van der Waals surface area (Å²) in [5.74, 6) is -0.910. The summed E-state index contributed by atoms with van der Waals surface area (Å²) in [5, 5.41) is 5.68. The minimum absolute atomic E-state index is 0.190. The monoisotopic (exact) mass is 301 g/mol. The van der Waals surface area contributed by atoms with Gasteiger partial charge in [-0.3, -0.25) is 9.52 Å². The summed E-state index contributed by atoms with van der Waals surface area (Å²) in [6, 6.07) is 3.48. The van der Waals surface area contributed by atoms with Crippen LogP contribution in [0, 0.1) is 5.82 Å². The Kier molecular flexibility index (Phi) is 4.24. The maximum atomic E-state index is 13.5. The number of anilines is 2. The van der Waals surface area contributed by atoms with Crippen molar-refractivity contribution in [1.29, 1.82) is 0 Å². The number of sulfonamides is 1. The fraction of sp³-hybridized carbons (Fsp3) is 0.417. The molecule has 6 nitrogen and oxygen atoms in total. The van der Waals surface area contributed by atoms with Gasteiger partial charge in [0.25, 0.3) is 0 Å². The summed E-state index contributed by atoms with van der Waals surface area (Å²) in [6.07, 6.45) is 2.62. The predicted molar refractivity (Wildman–Crippen MR) is 74.5 cm³/mol. The van der Waals surface area contributed by atoms with Crippen LogP contribution in [0.5, 0.6) is 0 Å². The first-order valence-corrected chi connectivity index (χ1v) is 8.06. The first-order valence-electron chi connectivity index (χ1n) is 6.17. The molecule has 1 aromatic rings. The van der Waals surface area contributed by atoms with Gasteiger partial charge in [0.05, 0.1) is 18.0 Å². The third kappa shape index (κ3) is 3.91. The van der Waals surface area contributed by atoms with E-state index in [1.54, 1.807) is 0 Å². The van der Waals surface area contributed by atoms with Crippen molar-refractivity contribution < 1.29 is 17.6 Å². The molecule has 1 fully saturated rings. The Morgan fingerprint density at radius 1 is 1.45 bits per heavy atom. The first kappa shape index (κ1) is 14.7. The first-order chi connectivity index (χ1) is 9.35. The van der Waals surface area contributed by atoms with E-state index in [9.17, 15) is 17.6 Å². The van der Waals surface area contributed by atoms with Crippen molar-refractivity contribution >= 4 is 27.3 Å². The van der Waals surface area contributed by atoms with E-state index in [0.717, 1.165) is 31.7 Å². The number of nitrogens with one attached hydrogen (secondary N) is 3. The van der Waals surface area contributed by atoms with Gasteiger partial charge in [0.1, 0.15) is 5.82 Å². The van der Waals surface area contributed by atoms with Gasteiger partial charge in [0.2, 0.25) is 15.9 Å². The van der Waals surface area contributed by atoms with Crippen LogP contribution in [0.15, 0.2) is 18.2 Å². The molecule has 1 amide bonds. The lowest BCUT2D eigenvalue weighted by molar-refractivity contribution is -0.117. The topological polar surface area (TPSA) is 87.3 Å². The van der Waals surface area contributed by atoms with E-state index in [4.69, 9.17) is 0 Å². The van der Waals surface area contributed by atoms with E-state index in [1.807, 2.05) is 0 Å². The molecule has 0 saturated carbocycles. The quantitative estimate of drug-likeness (QED) is 0.770. The Morgan fingerprint density at radius 2 is 2.20 bits per heavy atom. The van der Waals surface area contributed by atoms with Gasteiger partial charge in [0, 0.05) is 5.69 Å². The molecule has 0 unspecified atom stereocenters. The summed E-state index contributed by atoms with van der Waals surface area (Å²) < 4.78 is 37.8. The van der Waals surface area contributed by atoms with Crippen LogP contribution in [0.25, 0.3) is 0 Å². The standard InChI is InChI=1S/C12H16FN3O3S/c1-20(18,19)16-11-7-8(4-5-9(11)13)15-12(17)10-3-2-6-14-10/h4-5,7,10,14,16H,2-3,6H2,1H3,(H,15,17)/t10-/m0/s1. The second-order valence-electron chi connectivity index (χ2n) is 4.71. The molecule has 20 heavy (non-hydrogen) atoms. The molecule has 0 radical (unpaired) electrons. The lowest BCUT2D eigenvalue weighted by Crippen LogP contribution is -2.35. The van der Waals surface area contributed by atoms with E-state index < -0.39 is 15.8 Å². The van der Waals surface area contributed by atoms with Crippen molar-refractivity contribution in [2.75, 3.05) is 22.8 Å². The average Bonchev–Trinajstić information content (AvgIpc) is 2.85. The van der Waals surface area contributed by atoms with E-state index in [0.29, 0.717) is 5.69 Å². The number of benzene rings is 1. The maximum absolute atomic E-state index is 13.5. The lowest BCUT2D eigenvalue weighted by Gasteiger charge is -2.12. The molecule has 1 aliphatic heterocycles. The molecule has 1 aliphatic rings. The van der Waals surface area contributed by atoms with Crippen LogP contribution in [0.4, 0.5) is 15.8 Å². The Bertz CT molecular complexity index is 612. The van der Waals surface area contributed by atoms with Gasteiger partial charge < -0.3 is 10.6 Å². The smallest absolute Gasteiger partial charge is 0.241 e. The molecular weight excluding hydrogens is 285 g/mol. The van der Waals surface area contributed by atoms with Crippen LogP contribution in [0.1, 0.15) is 12.8 Å². The van der Waals surface area contributed by atoms with Crippen LogP contribution in [0.3, 0.4) is 0 Å². The zero-order valence-corrected chi connectivity index (χ0v) is 11.8.